The summed E-state index contributed by atoms with van der Waals surface area (Å²) in [5.74, 6) is -0.558. The lowest BCUT2D eigenvalue weighted by molar-refractivity contribution is -0.565. The van der Waals surface area contributed by atoms with Crippen molar-refractivity contribution >= 4 is 5.78 Å². The second kappa shape index (κ2) is 6.73. The number of nitrogens with zero attached hydrogens (tertiary/aromatic N) is 1. The molecule has 2 rings (SSSR count). The van der Waals surface area contributed by atoms with E-state index in [1.807, 2.05) is 37.3 Å². The molecule has 0 fully saturated rings. The molecule has 2 aromatic carbocycles. The zero-order chi connectivity index (χ0) is 17.0. The van der Waals surface area contributed by atoms with Crippen molar-refractivity contribution in [3.63, 3.8) is 0 Å². The van der Waals surface area contributed by atoms with Crippen LogP contribution in [0.3, 0.4) is 0 Å². The summed E-state index contributed by atoms with van der Waals surface area (Å²) in [4.78, 5) is 23.8. The zero-order valence-electron chi connectivity index (χ0n) is 13.7. The minimum Gasteiger partial charge on any atom is -0.294 e. The fourth-order valence-electron chi connectivity index (χ4n) is 2.63. The van der Waals surface area contributed by atoms with Gasteiger partial charge in [0.15, 0.2) is 5.78 Å². The second-order valence-electron chi connectivity index (χ2n) is 6.37. The lowest BCUT2D eigenvalue weighted by Crippen LogP contribution is -2.39. The van der Waals surface area contributed by atoms with Gasteiger partial charge in [0.05, 0.1) is 5.92 Å². The molecule has 0 aliphatic carbocycles. The van der Waals surface area contributed by atoms with Gasteiger partial charge in [-0.15, -0.1) is 0 Å². The minimum atomic E-state index is -1.22. The fourth-order valence-corrected chi connectivity index (χ4v) is 2.63. The van der Waals surface area contributed by atoms with Gasteiger partial charge >= 0.3 is 0 Å². The van der Waals surface area contributed by atoms with Crippen molar-refractivity contribution < 1.29 is 9.72 Å². The van der Waals surface area contributed by atoms with Crippen molar-refractivity contribution in [2.45, 2.75) is 38.6 Å². The first-order chi connectivity index (χ1) is 10.8. The van der Waals surface area contributed by atoms with Crippen molar-refractivity contribution in [1.82, 2.24) is 0 Å². The highest BCUT2D eigenvalue weighted by Gasteiger charge is 2.42. The summed E-state index contributed by atoms with van der Waals surface area (Å²) in [7, 11) is 0. The standard InChI is InChI=1S/C19H21NO3/c1-14-9-11-15(12-10-14)17(19(2,3)20(22)23)13-18(21)16-7-5-4-6-8-16/h4-12,17H,13H2,1-3H3/t17-/m1/s1. The van der Waals surface area contributed by atoms with E-state index in [0.29, 0.717) is 5.56 Å². The van der Waals surface area contributed by atoms with Gasteiger partial charge in [-0.2, -0.15) is 0 Å². The van der Waals surface area contributed by atoms with Gasteiger partial charge < -0.3 is 0 Å². The molecule has 0 saturated carbocycles. The molecule has 23 heavy (non-hydrogen) atoms. The topological polar surface area (TPSA) is 60.2 Å². The van der Waals surface area contributed by atoms with E-state index in [1.165, 1.54) is 0 Å². The van der Waals surface area contributed by atoms with Crippen molar-refractivity contribution in [3.8, 4) is 0 Å². The molecule has 0 unspecified atom stereocenters. The quantitative estimate of drug-likeness (QED) is 0.451. The van der Waals surface area contributed by atoms with Gasteiger partial charge in [0.25, 0.3) is 0 Å². The molecule has 0 saturated heterocycles. The molecular weight excluding hydrogens is 290 g/mol. The van der Waals surface area contributed by atoms with Crippen LogP contribution in [0.2, 0.25) is 0 Å². The number of hydrogen-bond donors (Lipinski definition) is 0. The van der Waals surface area contributed by atoms with Crippen molar-refractivity contribution in [3.05, 3.63) is 81.4 Å². The van der Waals surface area contributed by atoms with Crippen LogP contribution in [0.4, 0.5) is 0 Å². The van der Waals surface area contributed by atoms with Crippen molar-refractivity contribution in [1.29, 1.82) is 0 Å². The van der Waals surface area contributed by atoms with Crippen molar-refractivity contribution in [2.24, 2.45) is 0 Å². The Morgan fingerprint density at radius 1 is 1.09 bits per heavy atom. The Hall–Kier alpha value is -2.49. The van der Waals surface area contributed by atoms with Crippen molar-refractivity contribution in [2.75, 3.05) is 0 Å². The molecule has 0 N–H and O–H groups in total. The predicted molar refractivity (Wildman–Crippen MR) is 90.4 cm³/mol. The number of Topliss-reactive ketones (excluding diaryl/α,β-unsaturated/α-hetero) is 1. The fraction of sp³-hybridized carbons (Fsp3) is 0.316. The molecule has 0 spiro atoms. The highest BCUT2D eigenvalue weighted by molar-refractivity contribution is 5.96. The summed E-state index contributed by atoms with van der Waals surface area (Å²) in [6.07, 6.45) is 0.112. The number of nitro groups is 1. The molecular formula is C19H21NO3. The molecule has 120 valence electrons. The monoisotopic (exact) mass is 311 g/mol. The number of ketones is 1. The maximum absolute atomic E-state index is 12.5. The Bertz CT molecular complexity index is 690. The largest absolute Gasteiger partial charge is 0.294 e. The Balaban J connectivity index is 2.36. The molecule has 4 nitrogen and oxygen atoms in total. The lowest BCUT2D eigenvalue weighted by atomic mass is 9.78. The zero-order valence-corrected chi connectivity index (χ0v) is 13.7. The van der Waals surface area contributed by atoms with Gasteiger partial charge in [0.1, 0.15) is 0 Å². The Labute approximate surface area is 136 Å². The summed E-state index contributed by atoms with van der Waals surface area (Å²) >= 11 is 0. The van der Waals surface area contributed by atoms with Crippen LogP contribution in [0.25, 0.3) is 0 Å². The summed E-state index contributed by atoms with van der Waals surface area (Å²) < 4.78 is 0. The maximum Gasteiger partial charge on any atom is 0.223 e. The van der Waals surface area contributed by atoms with Gasteiger partial charge in [0.2, 0.25) is 5.54 Å². The first kappa shape index (κ1) is 16.9. The summed E-state index contributed by atoms with van der Waals surface area (Å²) in [6, 6.07) is 16.5. The van der Waals surface area contributed by atoms with Gasteiger partial charge in [-0.25, -0.2) is 0 Å². The maximum atomic E-state index is 12.5. The summed E-state index contributed by atoms with van der Waals surface area (Å²) in [5.41, 5.74) is 1.27. The van der Waals surface area contributed by atoms with Gasteiger partial charge in [-0.1, -0.05) is 60.2 Å². The van der Waals surface area contributed by atoms with Gasteiger partial charge in [-0.3, -0.25) is 14.9 Å². The van der Waals surface area contributed by atoms with Crippen LogP contribution in [0.5, 0.6) is 0 Å². The average Bonchev–Trinajstić information content (AvgIpc) is 2.54. The molecule has 0 radical (unpaired) electrons. The Morgan fingerprint density at radius 2 is 1.65 bits per heavy atom. The number of carbonyl (C=O) groups excluding carboxylic acids is 1. The van der Waals surface area contributed by atoms with Gasteiger partial charge in [-0.05, 0) is 12.5 Å². The van der Waals surface area contributed by atoms with E-state index in [0.717, 1.165) is 11.1 Å². The number of carbonyl (C=O) groups is 1. The van der Waals surface area contributed by atoms with E-state index in [9.17, 15) is 14.9 Å². The molecule has 4 heteroatoms. The van der Waals surface area contributed by atoms with Crippen LogP contribution >= 0.6 is 0 Å². The number of hydrogen-bond acceptors (Lipinski definition) is 3. The summed E-state index contributed by atoms with van der Waals surface area (Å²) in [5, 5.41) is 11.5. The minimum absolute atomic E-state index is 0.0777. The van der Waals surface area contributed by atoms with Crippen LogP contribution in [0.15, 0.2) is 54.6 Å². The Morgan fingerprint density at radius 3 is 2.17 bits per heavy atom. The highest BCUT2D eigenvalue weighted by Crippen LogP contribution is 2.34. The van der Waals surface area contributed by atoms with E-state index in [1.54, 1.807) is 38.1 Å². The smallest absolute Gasteiger partial charge is 0.223 e. The van der Waals surface area contributed by atoms with E-state index >= 15 is 0 Å². The molecule has 0 aromatic heterocycles. The normalized spacial score (nSPS) is 12.7. The number of rotatable bonds is 6. The SMILES string of the molecule is Cc1ccc([C@@H](CC(=O)c2ccccc2)C(C)(C)[N+](=O)[O-])cc1. The molecule has 0 heterocycles. The third-order valence-electron chi connectivity index (χ3n) is 4.29. The van der Waals surface area contributed by atoms with E-state index in [4.69, 9.17) is 0 Å². The third kappa shape index (κ3) is 3.83. The van der Waals surface area contributed by atoms with E-state index in [2.05, 4.69) is 0 Å². The molecule has 1 atom stereocenters. The summed E-state index contributed by atoms with van der Waals surface area (Å²) in [6.45, 7) is 5.12. The van der Waals surface area contributed by atoms with Crippen LogP contribution < -0.4 is 0 Å². The van der Waals surface area contributed by atoms with Crippen LogP contribution in [0.1, 0.15) is 47.7 Å². The number of aryl methyl sites for hydroxylation is 1. The molecule has 0 aliphatic heterocycles. The van der Waals surface area contributed by atoms with E-state index < -0.39 is 11.5 Å². The van der Waals surface area contributed by atoms with Crippen LogP contribution in [-0.4, -0.2) is 16.2 Å². The highest BCUT2D eigenvalue weighted by atomic mass is 16.6. The van der Waals surface area contributed by atoms with Crippen LogP contribution in [0, 0.1) is 17.0 Å². The number of benzene rings is 2. The third-order valence-corrected chi connectivity index (χ3v) is 4.29. The van der Waals surface area contributed by atoms with Crippen LogP contribution in [-0.2, 0) is 0 Å². The second-order valence-corrected chi connectivity index (χ2v) is 6.37. The van der Waals surface area contributed by atoms with Gasteiger partial charge in [0, 0.05) is 30.8 Å². The first-order valence-corrected chi connectivity index (χ1v) is 7.61. The lowest BCUT2D eigenvalue weighted by Gasteiger charge is -2.27. The molecule has 0 amide bonds. The van der Waals surface area contributed by atoms with E-state index in [-0.39, 0.29) is 17.1 Å². The molecule has 0 bridgehead atoms. The molecule has 2 aromatic rings. The molecule has 0 aliphatic rings. The first-order valence-electron chi connectivity index (χ1n) is 7.61. The average molecular weight is 311 g/mol. The Kier molecular flexibility index (Phi) is 4.94. The predicted octanol–water partition coefficient (Wildman–Crippen LogP) is 4.41.